The van der Waals surface area contributed by atoms with E-state index < -0.39 is 19.9 Å². The van der Waals surface area contributed by atoms with Crippen molar-refractivity contribution >= 4 is 42.2 Å². The van der Waals surface area contributed by atoms with Gasteiger partial charge in [0.2, 0.25) is 5.91 Å². The molecule has 1 unspecified atom stereocenters. The highest BCUT2D eigenvalue weighted by atomic mass is 32.2. The van der Waals surface area contributed by atoms with Gasteiger partial charge in [-0.15, -0.1) is 0 Å². The molecule has 30 heavy (non-hydrogen) atoms. The fourth-order valence-electron chi connectivity index (χ4n) is 4.75. The van der Waals surface area contributed by atoms with Gasteiger partial charge in [-0.1, -0.05) is 24.3 Å². The van der Waals surface area contributed by atoms with Crippen LogP contribution in [0, 0.1) is 0 Å². The summed E-state index contributed by atoms with van der Waals surface area (Å²) in [5.74, 6) is 0.187. The lowest BCUT2D eigenvalue weighted by Gasteiger charge is -2.38. The summed E-state index contributed by atoms with van der Waals surface area (Å²) in [6.45, 7) is 1.93. The van der Waals surface area contributed by atoms with Crippen LogP contribution >= 0.6 is 0 Å². The Balaban J connectivity index is 1.30. The van der Waals surface area contributed by atoms with Gasteiger partial charge < -0.3 is 4.90 Å². The van der Waals surface area contributed by atoms with Crippen LogP contribution in [0.4, 0.5) is 5.69 Å². The van der Waals surface area contributed by atoms with Crippen molar-refractivity contribution in [1.29, 1.82) is 0 Å². The predicted octanol–water partition coefficient (Wildman–Crippen LogP) is 0.680. The highest BCUT2D eigenvalue weighted by Gasteiger charge is 2.38. The zero-order valence-electron chi connectivity index (χ0n) is 16.4. The number of amides is 1. The molecule has 3 heterocycles. The van der Waals surface area contributed by atoms with Crippen molar-refractivity contribution in [3.05, 3.63) is 36.4 Å². The Kier molecular flexibility index (Phi) is 4.57. The highest BCUT2D eigenvalue weighted by molar-refractivity contribution is 7.93. The second-order valence-corrected chi connectivity index (χ2v) is 12.2. The van der Waals surface area contributed by atoms with Crippen LogP contribution < -0.4 is 4.31 Å². The molecule has 1 atom stereocenters. The number of carbonyl (C=O) groups excluding carboxylic acids is 1. The molecular weight excluding hydrogens is 426 g/mol. The second kappa shape index (κ2) is 6.93. The third-order valence-corrected chi connectivity index (χ3v) is 9.90. The number of anilines is 1. The minimum absolute atomic E-state index is 0.0262. The molecule has 10 heteroatoms. The molecule has 2 saturated heterocycles. The number of piperazine rings is 1. The van der Waals surface area contributed by atoms with E-state index in [-0.39, 0.29) is 34.9 Å². The van der Waals surface area contributed by atoms with Crippen molar-refractivity contribution in [3.8, 4) is 0 Å². The molecule has 0 radical (unpaired) electrons. The van der Waals surface area contributed by atoms with Crippen LogP contribution in [-0.2, 0) is 24.7 Å². The maximum atomic E-state index is 13.1. The summed E-state index contributed by atoms with van der Waals surface area (Å²) in [6.07, 6.45) is 0.643. The SMILES string of the molecule is O=C(CN1c2cccc3cccc(c23)S1(=O)=O)N1CCN(C2CCS(=O)(=O)C2)CC1. The van der Waals surface area contributed by atoms with Crippen molar-refractivity contribution in [2.45, 2.75) is 17.4 Å². The first-order valence-corrected chi connectivity index (χ1v) is 13.3. The molecule has 0 N–H and O–H groups in total. The van der Waals surface area contributed by atoms with Gasteiger partial charge in [0.1, 0.15) is 6.54 Å². The van der Waals surface area contributed by atoms with Crippen molar-refractivity contribution in [3.63, 3.8) is 0 Å². The van der Waals surface area contributed by atoms with Gasteiger partial charge in [0.15, 0.2) is 9.84 Å². The number of sulfonamides is 1. The molecule has 0 bridgehead atoms. The number of sulfone groups is 1. The van der Waals surface area contributed by atoms with Gasteiger partial charge in [-0.25, -0.2) is 16.8 Å². The normalized spacial score (nSPS) is 25.1. The molecule has 0 aliphatic carbocycles. The Hall–Kier alpha value is -2.17. The van der Waals surface area contributed by atoms with Gasteiger partial charge in [0.25, 0.3) is 10.0 Å². The molecule has 3 aliphatic heterocycles. The predicted molar refractivity (Wildman–Crippen MR) is 114 cm³/mol. The van der Waals surface area contributed by atoms with Crippen molar-refractivity contribution < 1.29 is 21.6 Å². The smallest absolute Gasteiger partial charge is 0.265 e. The van der Waals surface area contributed by atoms with Crippen molar-refractivity contribution in [2.24, 2.45) is 0 Å². The summed E-state index contributed by atoms with van der Waals surface area (Å²) in [5, 5.41) is 1.50. The lowest BCUT2D eigenvalue weighted by atomic mass is 10.1. The molecule has 5 rings (SSSR count). The Bertz CT molecular complexity index is 1230. The van der Waals surface area contributed by atoms with Crippen molar-refractivity contribution in [1.82, 2.24) is 9.80 Å². The number of carbonyl (C=O) groups is 1. The highest BCUT2D eigenvalue weighted by Crippen LogP contribution is 2.41. The van der Waals surface area contributed by atoms with Crippen molar-refractivity contribution in [2.75, 3.05) is 48.5 Å². The van der Waals surface area contributed by atoms with E-state index in [2.05, 4.69) is 4.90 Å². The zero-order chi connectivity index (χ0) is 21.1. The number of nitrogens with zero attached hydrogens (tertiary/aromatic N) is 3. The summed E-state index contributed by atoms with van der Waals surface area (Å²) in [4.78, 5) is 17.0. The molecule has 0 spiro atoms. The Morgan fingerprint density at radius 3 is 2.33 bits per heavy atom. The third kappa shape index (κ3) is 3.17. The molecule has 8 nitrogen and oxygen atoms in total. The van der Waals surface area contributed by atoms with E-state index in [9.17, 15) is 21.6 Å². The molecule has 2 aromatic carbocycles. The van der Waals surface area contributed by atoms with Gasteiger partial charge in [0.05, 0.1) is 22.1 Å². The van der Waals surface area contributed by atoms with Crippen LogP contribution in [0.15, 0.2) is 41.3 Å². The Labute approximate surface area is 176 Å². The topological polar surface area (TPSA) is 95.1 Å². The lowest BCUT2D eigenvalue weighted by Crippen LogP contribution is -2.54. The van der Waals surface area contributed by atoms with E-state index in [0.29, 0.717) is 43.7 Å². The standard InChI is InChI=1S/C20H23N3O5S2/c24-19(22-10-8-21(9-11-22)16-7-12-29(25,26)14-16)13-23-17-5-1-3-15-4-2-6-18(20(15)17)30(23,27)28/h1-6,16H,7-14H2. The van der Waals surface area contributed by atoms with Gasteiger partial charge in [0, 0.05) is 37.6 Å². The van der Waals surface area contributed by atoms with Gasteiger partial charge in [-0.2, -0.15) is 0 Å². The van der Waals surface area contributed by atoms with Crippen LogP contribution in [0.25, 0.3) is 10.8 Å². The number of hydrogen-bond donors (Lipinski definition) is 0. The molecule has 2 fully saturated rings. The van der Waals surface area contributed by atoms with Gasteiger partial charge in [-0.05, 0) is 23.9 Å². The van der Waals surface area contributed by atoms with E-state index >= 15 is 0 Å². The second-order valence-electron chi connectivity index (χ2n) is 8.12. The number of benzene rings is 2. The molecule has 0 aromatic heterocycles. The quantitative estimate of drug-likeness (QED) is 0.684. The van der Waals surface area contributed by atoms with E-state index in [1.807, 2.05) is 12.1 Å². The summed E-state index contributed by atoms with van der Waals surface area (Å²) < 4.78 is 50.8. The summed E-state index contributed by atoms with van der Waals surface area (Å²) in [6, 6.07) is 10.6. The fraction of sp³-hybridized carbons (Fsp3) is 0.450. The summed E-state index contributed by atoms with van der Waals surface area (Å²) in [7, 11) is -6.70. The molecule has 2 aromatic rings. The first kappa shape index (κ1) is 19.8. The Morgan fingerprint density at radius 1 is 0.967 bits per heavy atom. The average molecular weight is 450 g/mol. The van der Waals surface area contributed by atoms with Crippen LogP contribution in [0.2, 0.25) is 0 Å². The monoisotopic (exact) mass is 449 g/mol. The molecule has 3 aliphatic rings. The minimum atomic E-state index is -3.76. The van der Waals surface area contributed by atoms with E-state index in [4.69, 9.17) is 0 Å². The maximum absolute atomic E-state index is 13.1. The van der Waals surface area contributed by atoms with Gasteiger partial charge >= 0.3 is 0 Å². The molecule has 0 saturated carbocycles. The first-order chi connectivity index (χ1) is 14.3. The average Bonchev–Trinajstić information content (AvgIpc) is 3.19. The third-order valence-electron chi connectivity index (χ3n) is 6.35. The molecule has 160 valence electrons. The Morgan fingerprint density at radius 2 is 1.67 bits per heavy atom. The number of rotatable bonds is 3. The zero-order valence-corrected chi connectivity index (χ0v) is 18.0. The minimum Gasteiger partial charge on any atom is -0.339 e. The molecular formula is C20H23N3O5S2. The van der Waals surface area contributed by atoms with E-state index in [1.54, 1.807) is 29.2 Å². The van der Waals surface area contributed by atoms with Gasteiger partial charge in [-0.3, -0.25) is 14.0 Å². The van der Waals surface area contributed by atoms with E-state index in [1.165, 1.54) is 4.31 Å². The van der Waals surface area contributed by atoms with Crippen LogP contribution in [0.1, 0.15) is 6.42 Å². The maximum Gasteiger partial charge on any atom is 0.265 e. The lowest BCUT2D eigenvalue weighted by molar-refractivity contribution is -0.131. The largest absolute Gasteiger partial charge is 0.339 e. The summed E-state index contributed by atoms with van der Waals surface area (Å²) in [5.41, 5.74) is 0.547. The van der Waals surface area contributed by atoms with Crippen LogP contribution in [-0.4, -0.2) is 82.8 Å². The summed E-state index contributed by atoms with van der Waals surface area (Å²) >= 11 is 0. The van der Waals surface area contributed by atoms with Crippen LogP contribution in [0.5, 0.6) is 0 Å². The number of hydrogen-bond acceptors (Lipinski definition) is 6. The van der Waals surface area contributed by atoms with Crippen LogP contribution in [0.3, 0.4) is 0 Å². The fourth-order valence-corrected chi connectivity index (χ4v) is 8.17. The first-order valence-electron chi connectivity index (χ1n) is 10.0. The van der Waals surface area contributed by atoms with E-state index in [0.717, 1.165) is 5.39 Å². The molecule has 1 amide bonds.